The topological polar surface area (TPSA) is 41.5 Å². The number of hydrogen-bond donors (Lipinski definition) is 0. The molecule has 1 aromatic heterocycles. The second kappa shape index (κ2) is 6.26. The van der Waals surface area contributed by atoms with Crippen LogP contribution in [-0.4, -0.2) is 48.2 Å². The molecule has 1 atom stereocenters. The predicted molar refractivity (Wildman–Crippen MR) is 89.4 cm³/mol. The van der Waals surface area contributed by atoms with Gasteiger partial charge in [-0.05, 0) is 12.6 Å². The van der Waals surface area contributed by atoms with Crippen LogP contribution in [0.15, 0.2) is 36.7 Å². The van der Waals surface area contributed by atoms with Crippen molar-refractivity contribution in [3.05, 3.63) is 53.5 Å². The number of morpholine rings is 1. The van der Waals surface area contributed by atoms with Gasteiger partial charge in [0.2, 0.25) is 0 Å². The second-order valence-electron chi connectivity index (χ2n) is 6.33. The van der Waals surface area contributed by atoms with E-state index in [9.17, 15) is 0 Å². The van der Waals surface area contributed by atoms with E-state index in [4.69, 9.17) is 4.74 Å². The van der Waals surface area contributed by atoms with Gasteiger partial charge < -0.3 is 14.5 Å². The fourth-order valence-electron chi connectivity index (χ4n) is 3.44. The minimum absolute atomic E-state index is 0.108. The van der Waals surface area contributed by atoms with E-state index >= 15 is 0 Å². The van der Waals surface area contributed by atoms with E-state index in [1.54, 1.807) is 6.33 Å². The highest BCUT2D eigenvalue weighted by molar-refractivity contribution is 5.50. The van der Waals surface area contributed by atoms with Gasteiger partial charge in [0.05, 0.1) is 12.3 Å². The molecule has 0 aliphatic carbocycles. The number of rotatable bonds is 2. The molecular weight excluding hydrogens is 288 g/mol. The quantitative estimate of drug-likeness (QED) is 0.849. The summed E-state index contributed by atoms with van der Waals surface area (Å²) in [5.74, 6) is 1.09. The molecule has 3 heterocycles. The zero-order valence-electron chi connectivity index (χ0n) is 13.5. The molecule has 1 fully saturated rings. The third-order valence-electron chi connectivity index (χ3n) is 4.71. The van der Waals surface area contributed by atoms with Crippen LogP contribution < -0.4 is 4.90 Å². The van der Waals surface area contributed by atoms with E-state index in [2.05, 4.69) is 51.1 Å². The highest BCUT2D eigenvalue weighted by Crippen LogP contribution is 2.29. The Labute approximate surface area is 136 Å². The van der Waals surface area contributed by atoms with Crippen LogP contribution in [0.2, 0.25) is 0 Å². The van der Waals surface area contributed by atoms with Crippen LogP contribution >= 0.6 is 0 Å². The van der Waals surface area contributed by atoms with E-state index in [0.717, 1.165) is 45.0 Å². The van der Waals surface area contributed by atoms with E-state index in [-0.39, 0.29) is 6.10 Å². The molecule has 5 nitrogen and oxygen atoms in total. The number of likely N-dealkylation sites (N-methyl/N-ethyl adjacent to an activating group) is 1. The van der Waals surface area contributed by atoms with Crippen molar-refractivity contribution in [2.45, 2.75) is 19.1 Å². The molecule has 2 aliphatic rings. The average molecular weight is 310 g/mol. The summed E-state index contributed by atoms with van der Waals surface area (Å²) in [4.78, 5) is 13.8. The molecule has 120 valence electrons. The lowest BCUT2D eigenvalue weighted by molar-refractivity contribution is 0.0394. The minimum atomic E-state index is 0.108. The summed E-state index contributed by atoms with van der Waals surface area (Å²) in [6, 6.07) is 10.5. The molecule has 0 bridgehead atoms. The smallest absolute Gasteiger partial charge is 0.136 e. The van der Waals surface area contributed by atoms with Gasteiger partial charge in [0.25, 0.3) is 0 Å². The standard InChI is InChI=1S/C18H22N4O/c1-21-8-7-16-15(11-21)18(20-13-19-16)22-9-10-23-17(12-22)14-5-3-2-4-6-14/h2-6,13,17H,7-12H2,1H3/t17-/m0/s1. The summed E-state index contributed by atoms with van der Waals surface area (Å²) in [6.07, 6.45) is 2.83. The van der Waals surface area contributed by atoms with Gasteiger partial charge in [-0.2, -0.15) is 0 Å². The Morgan fingerprint density at radius 2 is 2.00 bits per heavy atom. The minimum Gasteiger partial charge on any atom is -0.370 e. The molecular formula is C18H22N4O. The Morgan fingerprint density at radius 3 is 2.87 bits per heavy atom. The maximum Gasteiger partial charge on any atom is 0.136 e. The predicted octanol–water partition coefficient (Wildman–Crippen LogP) is 2.04. The van der Waals surface area contributed by atoms with E-state index < -0.39 is 0 Å². The Morgan fingerprint density at radius 1 is 1.13 bits per heavy atom. The lowest BCUT2D eigenvalue weighted by Gasteiger charge is -2.36. The van der Waals surface area contributed by atoms with Crippen LogP contribution in [0.5, 0.6) is 0 Å². The monoisotopic (exact) mass is 310 g/mol. The van der Waals surface area contributed by atoms with Crippen molar-refractivity contribution in [1.82, 2.24) is 14.9 Å². The molecule has 1 saturated heterocycles. The van der Waals surface area contributed by atoms with Gasteiger partial charge in [-0.25, -0.2) is 9.97 Å². The van der Waals surface area contributed by atoms with Crippen molar-refractivity contribution in [3.8, 4) is 0 Å². The van der Waals surface area contributed by atoms with Crippen LogP contribution in [0.25, 0.3) is 0 Å². The van der Waals surface area contributed by atoms with E-state index in [1.807, 2.05) is 6.07 Å². The van der Waals surface area contributed by atoms with Gasteiger partial charge in [-0.15, -0.1) is 0 Å². The highest BCUT2D eigenvalue weighted by Gasteiger charge is 2.27. The zero-order valence-corrected chi connectivity index (χ0v) is 13.5. The molecule has 0 radical (unpaired) electrons. The Bertz CT molecular complexity index is 676. The van der Waals surface area contributed by atoms with Crippen LogP contribution in [0, 0.1) is 0 Å². The molecule has 0 saturated carbocycles. The van der Waals surface area contributed by atoms with Crippen LogP contribution in [0.1, 0.15) is 22.9 Å². The molecule has 5 heteroatoms. The third kappa shape index (κ3) is 2.94. The summed E-state index contributed by atoms with van der Waals surface area (Å²) in [5, 5.41) is 0. The Hall–Kier alpha value is -1.98. The van der Waals surface area contributed by atoms with Gasteiger partial charge in [-0.1, -0.05) is 30.3 Å². The zero-order chi connectivity index (χ0) is 15.6. The first-order valence-corrected chi connectivity index (χ1v) is 8.24. The largest absolute Gasteiger partial charge is 0.370 e. The first kappa shape index (κ1) is 14.6. The normalized spacial score (nSPS) is 22.0. The lowest BCUT2D eigenvalue weighted by Crippen LogP contribution is -2.40. The van der Waals surface area contributed by atoms with Gasteiger partial charge >= 0.3 is 0 Å². The molecule has 4 rings (SSSR count). The highest BCUT2D eigenvalue weighted by atomic mass is 16.5. The second-order valence-corrected chi connectivity index (χ2v) is 6.33. The molecule has 1 aromatic carbocycles. The molecule has 2 aliphatic heterocycles. The third-order valence-corrected chi connectivity index (χ3v) is 4.71. The first-order chi connectivity index (χ1) is 11.3. The number of benzene rings is 1. The number of fused-ring (bicyclic) bond motifs is 1. The maximum atomic E-state index is 5.99. The Balaban J connectivity index is 1.61. The van der Waals surface area contributed by atoms with Crippen molar-refractivity contribution >= 4 is 5.82 Å². The number of nitrogens with zero attached hydrogens (tertiary/aromatic N) is 4. The SMILES string of the molecule is CN1CCc2ncnc(N3CCO[C@H](c4ccccc4)C3)c2C1. The fourth-order valence-corrected chi connectivity index (χ4v) is 3.44. The maximum absolute atomic E-state index is 5.99. The summed E-state index contributed by atoms with van der Waals surface area (Å²) < 4.78 is 5.99. The Kier molecular flexibility index (Phi) is 3.97. The molecule has 0 amide bonds. The first-order valence-electron chi connectivity index (χ1n) is 8.24. The summed E-state index contributed by atoms with van der Waals surface area (Å²) >= 11 is 0. The van der Waals surface area contributed by atoms with Crippen molar-refractivity contribution in [3.63, 3.8) is 0 Å². The van der Waals surface area contributed by atoms with Gasteiger partial charge in [0.1, 0.15) is 18.2 Å². The van der Waals surface area contributed by atoms with Gasteiger partial charge in [0, 0.05) is 38.2 Å². The van der Waals surface area contributed by atoms with E-state index in [0.29, 0.717) is 0 Å². The van der Waals surface area contributed by atoms with Crippen LogP contribution in [-0.2, 0) is 17.7 Å². The summed E-state index contributed by atoms with van der Waals surface area (Å²) in [5.41, 5.74) is 3.73. The number of hydrogen-bond acceptors (Lipinski definition) is 5. The van der Waals surface area contributed by atoms with Crippen molar-refractivity contribution in [2.75, 3.05) is 38.2 Å². The van der Waals surface area contributed by atoms with Crippen LogP contribution in [0.4, 0.5) is 5.82 Å². The summed E-state index contributed by atoms with van der Waals surface area (Å²) in [6.45, 7) is 4.46. The van der Waals surface area contributed by atoms with E-state index in [1.165, 1.54) is 16.8 Å². The average Bonchev–Trinajstić information content (AvgIpc) is 2.62. The number of anilines is 1. The fraction of sp³-hybridized carbons (Fsp3) is 0.444. The van der Waals surface area contributed by atoms with Gasteiger partial charge in [0.15, 0.2) is 0 Å². The number of aromatic nitrogens is 2. The lowest BCUT2D eigenvalue weighted by atomic mass is 10.0. The molecule has 2 aromatic rings. The molecule has 0 spiro atoms. The molecule has 0 N–H and O–H groups in total. The van der Waals surface area contributed by atoms with Crippen molar-refractivity contribution < 1.29 is 4.74 Å². The van der Waals surface area contributed by atoms with Crippen molar-refractivity contribution in [2.24, 2.45) is 0 Å². The van der Waals surface area contributed by atoms with Crippen molar-refractivity contribution in [1.29, 1.82) is 0 Å². The number of ether oxygens (including phenoxy) is 1. The molecule has 23 heavy (non-hydrogen) atoms. The molecule has 0 unspecified atom stereocenters. The summed E-state index contributed by atoms with van der Waals surface area (Å²) in [7, 11) is 2.16. The van der Waals surface area contributed by atoms with Crippen LogP contribution in [0.3, 0.4) is 0 Å². The van der Waals surface area contributed by atoms with Gasteiger partial charge in [-0.3, -0.25) is 0 Å².